The number of hydrogen-bond donors (Lipinski definition) is 1. The van der Waals surface area contributed by atoms with Crippen LogP contribution < -0.4 is 4.74 Å². The number of methoxy groups -OCH3 is 1. The topological polar surface area (TPSA) is 29.5 Å². The van der Waals surface area contributed by atoms with Gasteiger partial charge in [0.05, 0.1) is 13.2 Å². The van der Waals surface area contributed by atoms with Crippen LogP contribution in [0.15, 0.2) is 24.3 Å². The Bertz CT molecular complexity index is 318. The zero-order valence-corrected chi connectivity index (χ0v) is 9.15. The molecular formula is C13H18O2. The third kappa shape index (κ3) is 2.96. The normalized spacial score (nSPS) is 17.5. The standard InChI is InChI=1S/C13H18O2/c1-15-12-4-2-3-10(9-12)5-8-13(14)11-6-7-11/h2-4,9,11,13-14H,5-8H2,1H3. The molecule has 1 atom stereocenters. The maximum Gasteiger partial charge on any atom is 0.119 e. The van der Waals surface area contributed by atoms with Gasteiger partial charge in [-0.3, -0.25) is 0 Å². The predicted octanol–water partition coefficient (Wildman–Crippen LogP) is 2.40. The van der Waals surface area contributed by atoms with E-state index in [1.807, 2.05) is 18.2 Å². The van der Waals surface area contributed by atoms with E-state index in [0.717, 1.165) is 18.6 Å². The van der Waals surface area contributed by atoms with E-state index in [-0.39, 0.29) is 6.10 Å². The largest absolute Gasteiger partial charge is 0.497 e. The van der Waals surface area contributed by atoms with Gasteiger partial charge in [-0.05, 0) is 49.3 Å². The van der Waals surface area contributed by atoms with E-state index in [1.54, 1.807) is 7.11 Å². The van der Waals surface area contributed by atoms with E-state index >= 15 is 0 Å². The zero-order chi connectivity index (χ0) is 10.7. The predicted molar refractivity (Wildman–Crippen MR) is 60.0 cm³/mol. The molecule has 2 rings (SSSR count). The lowest BCUT2D eigenvalue weighted by Crippen LogP contribution is -2.10. The quantitative estimate of drug-likeness (QED) is 0.801. The number of ether oxygens (including phenoxy) is 1. The Morgan fingerprint density at radius 1 is 1.47 bits per heavy atom. The number of rotatable bonds is 5. The molecule has 0 radical (unpaired) electrons. The summed E-state index contributed by atoms with van der Waals surface area (Å²) >= 11 is 0. The van der Waals surface area contributed by atoms with Crippen molar-refractivity contribution in [3.05, 3.63) is 29.8 Å². The molecule has 82 valence electrons. The lowest BCUT2D eigenvalue weighted by atomic mass is 10.0. The van der Waals surface area contributed by atoms with Gasteiger partial charge in [0.25, 0.3) is 0 Å². The van der Waals surface area contributed by atoms with E-state index in [0.29, 0.717) is 5.92 Å². The minimum atomic E-state index is -0.101. The van der Waals surface area contributed by atoms with E-state index in [4.69, 9.17) is 4.74 Å². The molecule has 1 fully saturated rings. The third-order valence-corrected chi connectivity index (χ3v) is 3.03. The minimum absolute atomic E-state index is 0.101. The number of aliphatic hydroxyl groups excluding tert-OH is 1. The molecule has 1 aromatic carbocycles. The second-order valence-electron chi connectivity index (χ2n) is 4.29. The summed E-state index contributed by atoms with van der Waals surface area (Å²) in [5.41, 5.74) is 1.24. The molecular weight excluding hydrogens is 188 g/mol. The van der Waals surface area contributed by atoms with Crippen molar-refractivity contribution in [2.24, 2.45) is 5.92 Å². The van der Waals surface area contributed by atoms with Crippen molar-refractivity contribution in [2.45, 2.75) is 31.8 Å². The van der Waals surface area contributed by atoms with Gasteiger partial charge in [-0.25, -0.2) is 0 Å². The molecule has 2 heteroatoms. The Kier molecular flexibility index (Phi) is 3.27. The van der Waals surface area contributed by atoms with Gasteiger partial charge in [0.2, 0.25) is 0 Å². The molecule has 1 aliphatic rings. The minimum Gasteiger partial charge on any atom is -0.497 e. The van der Waals surface area contributed by atoms with Crippen LogP contribution in [0.5, 0.6) is 5.75 Å². The summed E-state index contributed by atoms with van der Waals surface area (Å²) in [7, 11) is 1.68. The fourth-order valence-corrected chi connectivity index (χ4v) is 1.86. The molecule has 0 bridgehead atoms. The maximum atomic E-state index is 9.75. The van der Waals surface area contributed by atoms with E-state index < -0.39 is 0 Å². The van der Waals surface area contributed by atoms with Gasteiger partial charge < -0.3 is 9.84 Å². The maximum absolute atomic E-state index is 9.75. The van der Waals surface area contributed by atoms with Crippen LogP contribution in [0.3, 0.4) is 0 Å². The number of aliphatic hydroxyl groups is 1. The van der Waals surface area contributed by atoms with Gasteiger partial charge >= 0.3 is 0 Å². The van der Waals surface area contributed by atoms with Gasteiger partial charge in [0.15, 0.2) is 0 Å². The monoisotopic (exact) mass is 206 g/mol. The smallest absolute Gasteiger partial charge is 0.119 e. The van der Waals surface area contributed by atoms with Crippen LogP contribution in [0.1, 0.15) is 24.8 Å². The summed E-state index contributed by atoms with van der Waals surface area (Å²) in [6, 6.07) is 8.07. The number of benzene rings is 1. The van der Waals surface area contributed by atoms with Crippen molar-refractivity contribution >= 4 is 0 Å². The summed E-state index contributed by atoms with van der Waals surface area (Å²) in [5.74, 6) is 1.48. The fraction of sp³-hybridized carbons (Fsp3) is 0.538. The molecule has 0 aliphatic heterocycles. The Morgan fingerprint density at radius 3 is 2.93 bits per heavy atom. The molecule has 0 spiro atoms. The first kappa shape index (κ1) is 10.5. The van der Waals surface area contributed by atoms with Gasteiger partial charge in [0, 0.05) is 0 Å². The van der Waals surface area contributed by atoms with Crippen LogP contribution in [-0.4, -0.2) is 18.3 Å². The molecule has 2 nitrogen and oxygen atoms in total. The third-order valence-electron chi connectivity index (χ3n) is 3.03. The van der Waals surface area contributed by atoms with Crippen LogP contribution in [0.4, 0.5) is 0 Å². The molecule has 1 unspecified atom stereocenters. The Hall–Kier alpha value is -1.02. The molecule has 1 aliphatic carbocycles. The van der Waals surface area contributed by atoms with Gasteiger partial charge in [-0.15, -0.1) is 0 Å². The van der Waals surface area contributed by atoms with Crippen molar-refractivity contribution in [1.29, 1.82) is 0 Å². The molecule has 0 amide bonds. The molecule has 0 saturated heterocycles. The molecule has 1 aromatic rings. The average molecular weight is 206 g/mol. The lowest BCUT2D eigenvalue weighted by molar-refractivity contribution is 0.142. The fourth-order valence-electron chi connectivity index (χ4n) is 1.86. The van der Waals surface area contributed by atoms with Gasteiger partial charge in [-0.1, -0.05) is 12.1 Å². The zero-order valence-electron chi connectivity index (χ0n) is 9.15. The highest BCUT2D eigenvalue weighted by Gasteiger charge is 2.28. The highest BCUT2D eigenvalue weighted by molar-refractivity contribution is 5.28. The first-order chi connectivity index (χ1) is 7.29. The van der Waals surface area contributed by atoms with E-state index in [9.17, 15) is 5.11 Å². The second-order valence-corrected chi connectivity index (χ2v) is 4.29. The summed E-state index contributed by atoms with van der Waals surface area (Å²) in [6.45, 7) is 0. The van der Waals surface area contributed by atoms with Crippen molar-refractivity contribution in [2.75, 3.05) is 7.11 Å². The van der Waals surface area contributed by atoms with Crippen molar-refractivity contribution in [3.63, 3.8) is 0 Å². The van der Waals surface area contributed by atoms with Crippen LogP contribution in [-0.2, 0) is 6.42 Å². The van der Waals surface area contributed by atoms with Gasteiger partial charge in [-0.2, -0.15) is 0 Å². The first-order valence-corrected chi connectivity index (χ1v) is 5.60. The van der Waals surface area contributed by atoms with E-state index in [2.05, 4.69) is 6.07 Å². The van der Waals surface area contributed by atoms with Crippen molar-refractivity contribution < 1.29 is 9.84 Å². The summed E-state index contributed by atoms with van der Waals surface area (Å²) in [4.78, 5) is 0. The highest BCUT2D eigenvalue weighted by atomic mass is 16.5. The van der Waals surface area contributed by atoms with Crippen LogP contribution in [0.2, 0.25) is 0 Å². The Labute approximate surface area is 90.9 Å². The number of hydrogen-bond acceptors (Lipinski definition) is 2. The second kappa shape index (κ2) is 4.67. The van der Waals surface area contributed by atoms with Crippen LogP contribution in [0.25, 0.3) is 0 Å². The molecule has 1 saturated carbocycles. The molecule has 15 heavy (non-hydrogen) atoms. The van der Waals surface area contributed by atoms with E-state index in [1.165, 1.54) is 18.4 Å². The average Bonchev–Trinajstić information content (AvgIpc) is 3.10. The summed E-state index contributed by atoms with van der Waals surface area (Å²) in [5, 5.41) is 9.75. The highest BCUT2D eigenvalue weighted by Crippen LogP contribution is 2.34. The first-order valence-electron chi connectivity index (χ1n) is 5.60. The molecule has 1 N–H and O–H groups in total. The SMILES string of the molecule is COc1cccc(CCC(O)C2CC2)c1. The van der Waals surface area contributed by atoms with Crippen molar-refractivity contribution in [1.82, 2.24) is 0 Å². The summed E-state index contributed by atoms with van der Waals surface area (Å²) < 4.78 is 5.16. The lowest BCUT2D eigenvalue weighted by Gasteiger charge is -2.09. The molecule has 0 heterocycles. The summed E-state index contributed by atoms with van der Waals surface area (Å²) in [6.07, 6.45) is 4.13. The number of aryl methyl sites for hydroxylation is 1. The van der Waals surface area contributed by atoms with Crippen molar-refractivity contribution in [3.8, 4) is 5.75 Å². The molecule has 0 aromatic heterocycles. The van der Waals surface area contributed by atoms with Crippen LogP contribution >= 0.6 is 0 Å². The van der Waals surface area contributed by atoms with Crippen LogP contribution in [0, 0.1) is 5.92 Å². The van der Waals surface area contributed by atoms with Gasteiger partial charge in [0.1, 0.15) is 5.75 Å². The Balaban J connectivity index is 1.86. The Morgan fingerprint density at radius 2 is 2.27 bits per heavy atom.